The second-order valence-electron chi connectivity index (χ2n) is 5.06. The molecule has 0 amide bonds. The average molecular weight is 277 g/mol. The molecule has 0 spiro atoms. The Morgan fingerprint density at radius 2 is 1.80 bits per heavy atom. The van der Waals surface area contributed by atoms with Gasteiger partial charge in [-0.1, -0.05) is 0 Å². The summed E-state index contributed by atoms with van der Waals surface area (Å²) in [6, 6.07) is 4.15. The van der Waals surface area contributed by atoms with Crippen molar-refractivity contribution in [3.63, 3.8) is 0 Å². The lowest BCUT2D eigenvalue weighted by molar-refractivity contribution is -0.144. The standard InChI is InChI=1S/C15H19NO4/c1-2-18-15(17)9-16-5-3-11-7-13-14(20-10-19-13)8-12(11)4-6-16/h7-8H,2-6,9-10H2,1H3. The highest BCUT2D eigenvalue weighted by Crippen LogP contribution is 2.35. The molecular weight excluding hydrogens is 258 g/mol. The maximum absolute atomic E-state index is 11.6. The molecule has 0 bridgehead atoms. The molecule has 2 aliphatic rings. The summed E-state index contributed by atoms with van der Waals surface area (Å²) in [6.45, 7) is 4.69. The number of ether oxygens (including phenoxy) is 3. The minimum absolute atomic E-state index is 0.146. The zero-order valence-corrected chi connectivity index (χ0v) is 11.7. The topological polar surface area (TPSA) is 48.0 Å². The van der Waals surface area contributed by atoms with E-state index in [1.165, 1.54) is 11.1 Å². The van der Waals surface area contributed by atoms with Crippen LogP contribution in [0.15, 0.2) is 12.1 Å². The minimum Gasteiger partial charge on any atom is -0.465 e. The molecule has 1 aromatic rings. The summed E-state index contributed by atoms with van der Waals surface area (Å²) in [5.41, 5.74) is 2.58. The largest absolute Gasteiger partial charge is 0.465 e. The smallest absolute Gasteiger partial charge is 0.320 e. The van der Waals surface area contributed by atoms with E-state index in [9.17, 15) is 4.79 Å². The predicted octanol–water partition coefficient (Wildman–Crippen LogP) is 1.38. The Labute approximate surface area is 118 Å². The fourth-order valence-corrected chi connectivity index (χ4v) is 2.71. The highest BCUT2D eigenvalue weighted by atomic mass is 16.7. The van der Waals surface area contributed by atoms with Crippen molar-refractivity contribution in [1.82, 2.24) is 4.90 Å². The van der Waals surface area contributed by atoms with Gasteiger partial charge in [-0.2, -0.15) is 0 Å². The molecule has 1 aromatic carbocycles. The van der Waals surface area contributed by atoms with Crippen LogP contribution in [-0.4, -0.2) is 43.9 Å². The monoisotopic (exact) mass is 277 g/mol. The minimum atomic E-state index is -0.146. The molecule has 0 atom stereocenters. The molecule has 2 aliphatic heterocycles. The lowest BCUT2D eigenvalue weighted by Gasteiger charge is -2.18. The van der Waals surface area contributed by atoms with Crippen LogP contribution in [0, 0.1) is 0 Å². The Hall–Kier alpha value is -1.75. The molecule has 0 saturated carbocycles. The second-order valence-corrected chi connectivity index (χ2v) is 5.06. The zero-order chi connectivity index (χ0) is 13.9. The van der Waals surface area contributed by atoms with Crippen molar-refractivity contribution >= 4 is 5.97 Å². The third kappa shape index (κ3) is 2.72. The van der Waals surface area contributed by atoms with Crippen LogP contribution in [0.2, 0.25) is 0 Å². The summed E-state index contributed by atoms with van der Waals surface area (Å²) in [5, 5.41) is 0. The van der Waals surface area contributed by atoms with E-state index >= 15 is 0 Å². The van der Waals surface area contributed by atoms with Crippen molar-refractivity contribution in [2.75, 3.05) is 33.0 Å². The van der Waals surface area contributed by atoms with Crippen LogP contribution in [0.5, 0.6) is 11.5 Å². The summed E-state index contributed by atoms with van der Waals surface area (Å²) in [5.74, 6) is 1.53. The lowest BCUT2D eigenvalue weighted by atomic mass is 10.0. The summed E-state index contributed by atoms with van der Waals surface area (Å²) >= 11 is 0. The van der Waals surface area contributed by atoms with Crippen molar-refractivity contribution in [3.05, 3.63) is 23.3 Å². The number of hydrogen-bond acceptors (Lipinski definition) is 5. The van der Waals surface area contributed by atoms with Gasteiger partial charge in [-0.3, -0.25) is 9.69 Å². The van der Waals surface area contributed by atoms with E-state index in [2.05, 4.69) is 17.0 Å². The predicted molar refractivity (Wildman–Crippen MR) is 73.0 cm³/mol. The number of nitrogens with zero attached hydrogens (tertiary/aromatic N) is 1. The van der Waals surface area contributed by atoms with E-state index in [1.54, 1.807) is 0 Å². The van der Waals surface area contributed by atoms with Gasteiger partial charge >= 0.3 is 5.97 Å². The van der Waals surface area contributed by atoms with Gasteiger partial charge in [0.25, 0.3) is 0 Å². The molecule has 0 fully saturated rings. The maximum atomic E-state index is 11.6. The average Bonchev–Trinajstić information content (AvgIpc) is 2.79. The first-order valence-corrected chi connectivity index (χ1v) is 7.05. The van der Waals surface area contributed by atoms with Crippen molar-refractivity contribution in [2.24, 2.45) is 0 Å². The number of carbonyl (C=O) groups excluding carboxylic acids is 1. The molecule has 0 aliphatic carbocycles. The van der Waals surface area contributed by atoms with Crippen LogP contribution >= 0.6 is 0 Å². The van der Waals surface area contributed by atoms with E-state index in [1.807, 2.05) is 6.92 Å². The Balaban J connectivity index is 1.68. The van der Waals surface area contributed by atoms with E-state index in [0.717, 1.165) is 37.4 Å². The van der Waals surface area contributed by atoms with Gasteiger partial charge in [-0.25, -0.2) is 0 Å². The fraction of sp³-hybridized carbons (Fsp3) is 0.533. The molecule has 0 saturated heterocycles. The number of esters is 1. The lowest BCUT2D eigenvalue weighted by Crippen LogP contribution is -2.33. The van der Waals surface area contributed by atoms with Crippen LogP contribution in [0.25, 0.3) is 0 Å². The fourth-order valence-electron chi connectivity index (χ4n) is 2.71. The highest BCUT2D eigenvalue weighted by Gasteiger charge is 2.21. The maximum Gasteiger partial charge on any atom is 0.320 e. The number of carbonyl (C=O) groups is 1. The number of rotatable bonds is 3. The van der Waals surface area contributed by atoms with Crippen molar-refractivity contribution in [3.8, 4) is 11.5 Å². The van der Waals surface area contributed by atoms with Crippen molar-refractivity contribution < 1.29 is 19.0 Å². The normalized spacial score (nSPS) is 17.4. The molecular formula is C15H19NO4. The van der Waals surface area contributed by atoms with Crippen molar-refractivity contribution in [1.29, 1.82) is 0 Å². The van der Waals surface area contributed by atoms with Gasteiger partial charge < -0.3 is 14.2 Å². The Morgan fingerprint density at radius 3 is 2.35 bits per heavy atom. The van der Waals surface area contributed by atoms with Crippen LogP contribution in [0.1, 0.15) is 18.1 Å². The summed E-state index contributed by atoms with van der Waals surface area (Å²) in [7, 11) is 0. The molecule has 3 rings (SSSR count). The molecule has 108 valence electrons. The van der Waals surface area contributed by atoms with Gasteiger partial charge in [0.05, 0.1) is 13.2 Å². The SMILES string of the molecule is CCOC(=O)CN1CCc2cc3c(cc2CC1)OCO3. The molecule has 20 heavy (non-hydrogen) atoms. The van der Waals surface area contributed by atoms with E-state index in [0.29, 0.717) is 19.9 Å². The Morgan fingerprint density at radius 1 is 1.20 bits per heavy atom. The molecule has 5 heteroatoms. The molecule has 0 unspecified atom stereocenters. The van der Waals surface area contributed by atoms with Gasteiger partial charge in [0, 0.05) is 13.1 Å². The van der Waals surface area contributed by atoms with E-state index in [4.69, 9.17) is 14.2 Å². The highest BCUT2D eigenvalue weighted by molar-refractivity contribution is 5.71. The van der Waals surface area contributed by atoms with E-state index < -0.39 is 0 Å². The van der Waals surface area contributed by atoms with Crippen molar-refractivity contribution in [2.45, 2.75) is 19.8 Å². The molecule has 2 heterocycles. The van der Waals surface area contributed by atoms with Crippen LogP contribution in [0.3, 0.4) is 0 Å². The van der Waals surface area contributed by atoms with Gasteiger partial charge in [-0.05, 0) is 43.0 Å². The Kier molecular flexibility index (Phi) is 3.78. The Bertz CT molecular complexity index is 480. The second kappa shape index (κ2) is 5.71. The number of hydrogen-bond donors (Lipinski definition) is 0. The zero-order valence-electron chi connectivity index (χ0n) is 11.7. The van der Waals surface area contributed by atoms with E-state index in [-0.39, 0.29) is 5.97 Å². The number of fused-ring (bicyclic) bond motifs is 2. The first-order chi connectivity index (χ1) is 9.76. The van der Waals surface area contributed by atoms with Gasteiger partial charge in [0.2, 0.25) is 6.79 Å². The first-order valence-electron chi connectivity index (χ1n) is 7.05. The first kappa shape index (κ1) is 13.2. The van der Waals surface area contributed by atoms with Gasteiger partial charge in [0.1, 0.15) is 0 Å². The summed E-state index contributed by atoms with van der Waals surface area (Å²) in [4.78, 5) is 13.7. The molecule has 0 radical (unpaired) electrons. The van der Waals surface area contributed by atoms with Gasteiger partial charge in [0.15, 0.2) is 11.5 Å². The van der Waals surface area contributed by atoms with Crippen LogP contribution < -0.4 is 9.47 Å². The number of benzene rings is 1. The van der Waals surface area contributed by atoms with Crippen LogP contribution in [-0.2, 0) is 22.4 Å². The van der Waals surface area contributed by atoms with Gasteiger partial charge in [-0.15, -0.1) is 0 Å². The quantitative estimate of drug-likeness (QED) is 0.781. The molecule has 5 nitrogen and oxygen atoms in total. The molecule has 0 aromatic heterocycles. The summed E-state index contributed by atoms with van der Waals surface area (Å²) in [6.07, 6.45) is 1.84. The summed E-state index contributed by atoms with van der Waals surface area (Å²) < 4.78 is 15.8. The molecule has 0 N–H and O–H groups in total. The third-order valence-electron chi connectivity index (χ3n) is 3.75. The van der Waals surface area contributed by atoms with Crippen LogP contribution in [0.4, 0.5) is 0 Å². The third-order valence-corrected chi connectivity index (χ3v) is 3.75.